The van der Waals surface area contributed by atoms with Crippen molar-refractivity contribution in [3.8, 4) is 0 Å². The third-order valence-electron chi connectivity index (χ3n) is 3.15. The van der Waals surface area contributed by atoms with E-state index in [0.29, 0.717) is 23.2 Å². The molecule has 0 fully saturated rings. The largest absolute Gasteiger partial charge is 0.417 e. The molecule has 0 radical (unpaired) electrons. The van der Waals surface area contributed by atoms with E-state index in [1.54, 1.807) is 24.3 Å². The summed E-state index contributed by atoms with van der Waals surface area (Å²) in [6.07, 6.45) is 0. The Bertz CT molecular complexity index is 846. The van der Waals surface area contributed by atoms with Gasteiger partial charge in [0, 0.05) is 17.8 Å². The molecule has 0 bridgehead atoms. The van der Waals surface area contributed by atoms with Gasteiger partial charge in [-0.15, -0.1) is 0 Å². The summed E-state index contributed by atoms with van der Waals surface area (Å²) in [5, 5.41) is 3.23. The molecule has 0 saturated heterocycles. The molecule has 0 aliphatic rings. The number of carbonyl (C=O) groups excluding carboxylic acids is 1. The summed E-state index contributed by atoms with van der Waals surface area (Å²) in [5.41, 5.74) is 8.72. The molecule has 0 aliphatic heterocycles. The second-order valence-electron chi connectivity index (χ2n) is 4.64. The number of H-pyrrole nitrogens is 1. The number of primary amides is 1. The van der Waals surface area contributed by atoms with E-state index in [-0.39, 0.29) is 0 Å². The molecule has 0 spiro atoms. The Kier molecular flexibility index (Phi) is 3.19. The molecule has 6 nitrogen and oxygen atoms in total. The maximum Gasteiger partial charge on any atom is 0.417 e. The fourth-order valence-corrected chi connectivity index (χ4v) is 2.05. The van der Waals surface area contributed by atoms with E-state index < -0.39 is 11.7 Å². The molecule has 1 heterocycles. The first-order chi connectivity index (χ1) is 10.1. The normalized spacial score (nSPS) is 10.7. The Morgan fingerprint density at radius 3 is 2.67 bits per heavy atom. The van der Waals surface area contributed by atoms with E-state index in [9.17, 15) is 9.59 Å². The topological polar surface area (TPSA) is 101 Å². The quantitative estimate of drug-likeness (QED) is 0.680. The second kappa shape index (κ2) is 5.16. The molecule has 3 rings (SSSR count). The van der Waals surface area contributed by atoms with Crippen LogP contribution in [0.15, 0.2) is 51.7 Å². The monoisotopic (exact) mass is 283 g/mol. The summed E-state index contributed by atoms with van der Waals surface area (Å²) in [6, 6.07) is 12.4. The number of oxazole rings is 1. The number of anilines is 1. The predicted octanol–water partition coefficient (Wildman–Crippen LogP) is 1.83. The van der Waals surface area contributed by atoms with Gasteiger partial charge in [-0.25, -0.2) is 4.79 Å². The fourth-order valence-electron chi connectivity index (χ4n) is 2.05. The minimum absolute atomic E-state index is 0.441. The van der Waals surface area contributed by atoms with Crippen molar-refractivity contribution in [3.63, 3.8) is 0 Å². The Hall–Kier alpha value is -3.02. The summed E-state index contributed by atoms with van der Waals surface area (Å²) < 4.78 is 4.94. The van der Waals surface area contributed by atoms with Crippen molar-refractivity contribution in [2.45, 2.75) is 6.54 Å². The minimum atomic E-state index is -0.468. The third kappa shape index (κ3) is 2.79. The zero-order valence-electron chi connectivity index (χ0n) is 11.1. The van der Waals surface area contributed by atoms with Crippen LogP contribution in [0.4, 0.5) is 5.69 Å². The van der Waals surface area contributed by atoms with Gasteiger partial charge in [-0.3, -0.25) is 9.78 Å². The first-order valence-corrected chi connectivity index (χ1v) is 6.37. The van der Waals surface area contributed by atoms with Crippen molar-refractivity contribution in [1.29, 1.82) is 0 Å². The smallest absolute Gasteiger partial charge is 0.408 e. The Labute approximate surface area is 119 Å². The predicted molar refractivity (Wildman–Crippen MR) is 79.1 cm³/mol. The highest BCUT2D eigenvalue weighted by atomic mass is 16.4. The van der Waals surface area contributed by atoms with Crippen LogP contribution in [0.5, 0.6) is 0 Å². The molecule has 0 unspecified atom stereocenters. The van der Waals surface area contributed by atoms with Crippen LogP contribution in [0.25, 0.3) is 11.1 Å². The van der Waals surface area contributed by atoms with Crippen LogP contribution in [0, 0.1) is 0 Å². The van der Waals surface area contributed by atoms with Gasteiger partial charge in [0.15, 0.2) is 5.58 Å². The van der Waals surface area contributed by atoms with Gasteiger partial charge in [-0.2, -0.15) is 0 Å². The molecular formula is C15H13N3O3. The lowest BCUT2D eigenvalue weighted by molar-refractivity contribution is 0.100. The molecule has 2 aromatic carbocycles. The van der Waals surface area contributed by atoms with Crippen LogP contribution in [-0.4, -0.2) is 10.9 Å². The molecule has 3 aromatic rings. The van der Waals surface area contributed by atoms with Gasteiger partial charge in [0.1, 0.15) is 0 Å². The number of carbonyl (C=O) groups is 1. The van der Waals surface area contributed by atoms with Crippen molar-refractivity contribution in [2.75, 3.05) is 5.32 Å². The zero-order valence-corrected chi connectivity index (χ0v) is 11.1. The Morgan fingerprint density at radius 2 is 1.95 bits per heavy atom. The standard InChI is InChI=1S/C15H13N3O3/c16-14(19)10-3-1-9(2-4-10)8-17-11-5-6-13-12(7-11)18-15(20)21-13/h1-7,17H,8H2,(H2,16,19)(H,18,20). The average Bonchev–Trinajstić information content (AvgIpc) is 2.84. The summed E-state index contributed by atoms with van der Waals surface area (Å²) in [5.74, 6) is -0.909. The minimum Gasteiger partial charge on any atom is -0.408 e. The van der Waals surface area contributed by atoms with Crippen molar-refractivity contribution in [2.24, 2.45) is 5.73 Å². The molecule has 0 saturated carbocycles. The number of aromatic nitrogens is 1. The lowest BCUT2D eigenvalue weighted by Crippen LogP contribution is -2.10. The van der Waals surface area contributed by atoms with Gasteiger partial charge in [0.2, 0.25) is 5.91 Å². The van der Waals surface area contributed by atoms with Gasteiger partial charge in [-0.1, -0.05) is 12.1 Å². The lowest BCUT2D eigenvalue weighted by Gasteiger charge is -2.06. The number of hydrogen-bond acceptors (Lipinski definition) is 4. The Morgan fingerprint density at radius 1 is 1.19 bits per heavy atom. The number of amides is 1. The number of aromatic amines is 1. The number of fused-ring (bicyclic) bond motifs is 1. The summed E-state index contributed by atoms with van der Waals surface area (Å²) in [7, 11) is 0. The molecule has 1 aromatic heterocycles. The average molecular weight is 283 g/mol. The highest BCUT2D eigenvalue weighted by Gasteiger charge is 2.03. The van der Waals surface area contributed by atoms with Gasteiger partial charge in [0.25, 0.3) is 0 Å². The summed E-state index contributed by atoms with van der Waals surface area (Å²) in [6.45, 7) is 0.590. The number of rotatable bonds is 4. The highest BCUT2D eigenvalue weighted by molar-refractivity contribution is 5.92. The molecule has 0 atom stereocenters. The number of benzene rings is 2. The molecule has 6 heteroatoms. The van der Waals surface area contributed by atoms with Crippen molar-refractivity contribution in [1.82, 2.24) is 4.98 Å². The number of nitrogens with one attached hydrogen (secondary N) is 2. The SMILES string of the molecule is NC(=O)c1ccc(CNc2ccc3oc(=O)[nH]c3c2)cc1. The van der Waals surface area contributed by atoms with Crippen molar-refractivity contribution >= 4 is 22.7 Å². The van der Waals surface area contributed by atoms with Crippen LogP contribution in [-0.2, 0) is 6.54 Å². The molecule has 106 valence electrons. The Balaban J connectivity index is 1.73. The van der Waals surface area contributed by atoms with E-state index >= 15 is 0 Å². The van der Waals surface area contributed by atoms with Crippen LogP contribution in [0.2, 0.25) is 0 Å². The number of nitrogens with two attached hydrogens (primary N) is 1. The fraction of sp³-hybridized carbons (Fsp3) is 0.0667. The first-order valence-electron chi connectivity index (χ1n) is 6.37. The van der Waals surface area contributed by atoms with Gasteiger partial charge in [-0.05, 0) is 35.9 Å². The molecule has 4 N–H and O–H groups in total. The highest BCUT2D eigenvalue weighted by Crippen LogP contribution is 2.17. The van der Waals surface area contributed by atoms with E-state index in [2.05, 4.69) is 10.3 Å². The lowest BCUT2D eigenvalue weighted by atomic mass is 10.1. The van der Waals surface area contributed by atoms with Crippen molar-refractivity contribution < 1.29 is 9.21 Å². The maximum absolute atomic E-state index is 11.1. The van der Waals surface area contributed by atoms with E-state index in [1.807, 2.05) is 18.2 Å². The molecule has 0 aliphatic carbocycles. The summed E-state index contributed by atoms with van der Waals surface area (Å²) in [4.78, 5) is 24.7. The van der Waals surface area contributed by atoms with Crippen LogP contribution >= 0.6 is 0 Å². The van der Waals surface area contributed by atoms with Gasteiger partial charge in [0.05, 0.1) is 5.52 Å². The number of hydrogen-bond donors (Lipinski definition) is 3. The summed E-state index contributed by atoms with van der Waals surface area (Å²) >= 11 is 0. The van der Waals surface area contributed by atoms with E-state index in [4.69, 9.17) is 10.2 Å². The van der Waals surface area contributed by atoms with E-state index in [0.717, 1.165) is 11.3 Å². The maximum atomic E-state index is 11.1. The molecule has 1 amide bonds. The van der Waals surface area contributed by atoms with Gasteiger partial charge < -0.3 is 15.5 Å². The zero-order chi connectivity index (χ0) is 14.8. The van der Waals surface area contributed by atoms with Crippen molar-refractivity contribution in [3.05, 3.63) is 64.1 Å². The van der Waals surface area contributed by atoms with E-state index in [1.165, 1.54) is 0 Å². The molecule has 21 heavy (non-hydrogen) atoms. The molecular weight excluding hydrogens is 270 g/mol. The van der Waals surface area contributed by atoms with Gasteiger partial charge >= 0.3 is 5.76 Å². The third-order valence-corrected chi connectivity index (χ3v) is 3.15. The second-order valence-corrected chi connectivity index (χ2v) is 4.64. The first kappa shape index (κ1) is 13.0. The van der Waals surface area contributed by atoms with Crippen LogP contribution < -0.4 is 16.8 Å². The van der Waals surface area contributed by atoms with Crippen LogP contribution in [0.1, 0.15) is 15.9 Å². The van der Waals surface area contributed by atoms with Crippen LogP contribution in [0.3, 0.4) is 0 Å².